The van der Waals surface area contributed by atoms with Gasteiger partial charge in [-0.05, 0) is 35.9 Å². The van der Waals surface area contributed by atoms with Gasteiger partial charge in [-0.2, -0.15) is 0 Å². The number of sulfonamides is 1. The lowest BCUT2D eigenvalue weighted by molar-refractivity contribution is -0.118. The molecule has 7 nitrogen and oxygen atoms in total. The predicted molar refractivity (Wildman–Crippen MR) is 104 cm³/mol. The second-order valence-corrected chi connectivity index (χ2v) is 8.45. The van der Waals surface area contributed by atoms with Gasteiger partial charge < -0.3 is 0 Å². The van der Waals surface area contributed by atoms with Crippen LogP contribution in [0, 0.1) is 0 Å². The van der Waals surface area contributed by atoms with Gasteiger partial charge in [0.05, 0.1) is 22.3 Å². The van der Waals surface area contributed by atoms with Gasteiger partial charge in [0.15, 0.2) is 0 Å². The fourth-order valence-electron chi connectivity index (χ4n) is 2.76. The van der Waals surface area contributed by atoms with Crippen molar-refractivity contribution in [1.29, 1.82) is 0 Å². The minimum absolute atomic E-state index is 0.130. The van der Waals surface area contributed by atoms with Crippen LogP contribution < -0.4 is 10.4 Å². The van der Waals surface area contributed by atoms with Gasteiger partial charge in [0.25, 0.3) is 10.0 Å². The summed E-state index contributed by atoms with van der Waals surface area (Å²) in [5.41, 5.74) is 1.08. The zero-order chi connectivity index (χ0) is 19.9. The van der Waals surface area contributed by atoms with Gasteiger partial charge in [0.1, 0.15) is 0 Å². The molecule has 3 aromatic rings. The maximum atomic E-state index is 12.6. The lowest BCUT2D eigenvalue weighted by Crippen LogP contribution is -2.32. The summed E-state index contributed by atoms with van der Waals surface area (Å²) in [6.07, 6.45) is -0.288. The van der Waals surface area contributed by atoms with Crippen molar-refractivity contribution in [3.8, 4) is 0 Å². The van der Waals surface area contributed by atoms with Gasteiger partial charge in [-0.25, -0.2) is 17.9 Å². The fourth-order valence-corrected chi connectivity index (χ4v) is 4.30. The number of nitrogens with one attached hydrogen (secondary N) is 1. The minimum atomic E-state index is -4.13. The van der Waals surface area contributed by atoms with E-state index >= 15 is 0 Å². The summed E-state index contributed by atoms with van der Waals surface area (Å²) in [5, 5.41) is 0.548. The molecule has 1 aromatic heterocycles. The summed E-state index contributed by atoms with van der Waals surface area (Å²) in [5.74, 6) is -0.771. The summed E-state index contributed by atoms with van der Waals surface area (Å²) in [6, 6.07) is 8.94. The zero-order valence-corrected chi connectivity index (χ0v) is 16.7. The SMILES string of the molecule is Cn1c(=O)n(C)c2cc(S(=O)(=O)NC(=O)Cc3c(Cl)cccc3Cl)ccc21. The highest BCUT2D eigenvalue weighted by Gasteiger charge is 2.21. The van der Waals surface area contributed by atoms with Gasteiger partial charge >= 0.3 is 5.69 Å². The molecule has 1 amide bonds. The van der Waals surface area contributed by atoms with Crippen LogP contribution in [0.1, 0.15) is 5.56 Å². The molecule has 1 heterocycles. The predicted octanol–water partition coefficient (Wildman–Crippen LogP) is 2.23. The monoisotopic (exact) mass is 427 g/mol. The number of amides is 1. The van der Waals surface area contributed by atoms with Crippen molar-refractivity contribution in [2.24, 2.45) is 14.1 Å². The molecule has 27 heavy (non-hydrogen) atoms. The molecule has 10 heteroatoms. The van der Waals surface area contributed by atoms with Crippen LogP contribution in [-0.4, -0.2) is 23.5 Å². The average Bonchev–Trinajstić information content (AvgIpc) is 2.82. The molecule has 0 spiro atoms. The molecule has 0 radical (unpaired) electrons. The topological polar surface area (TPSA) is 90.2 Å². The van der Waals surface area contributed by atoms with Gasteiger partial charge in [-0.15, -0.1) is 0 Å². The summed E-state index contributed by atoms with van der Waals surface area (Å²) in [7, 11) is -0.996. The molecule has 0 atom stereocenters. The second-order valence-electron chi connectivity index (χ2n) is 5.96. The van der Waals surface area contributed by atoms with Crippen LogP contribution >= 0.6 is 23.2 Å². The Bertz CT molecular complexity index is 1210. The lowest BCUT2D eigenvalue weighted by atomic mass is 10.1. The molecule has 1 N–H and O–H groups in total. The summed E-state index contributed by atoms with van der Waals surface area (Å²) in [4.78, 5) is 24.1. The Balaban J connectivity index is 1.90. The molecule has 142 valence electrons. The Morgan fingerprint density at radius 1 is 1.04 bits per heavy atom. The highest BCUT2D eigenvalue weighted by atomic mass is 35.5. The van der Waals surface area contributed by atoms with E-state index in [2.05, 4.69) is 0 Å². The summed E-state index contributed by atoms with van der Waals surface area (Å²) in [6.45, 7) is 0. The third kappa shape index (κ3) is 3.60. The summed E-state index contributed by atoms with van der Waals surface area (Å²) >= 11 is 12.0. The number of aromatic nitrogens is 2. The normalized spacial score (nSPS) is 11.7. The van der Waals surface area contributed by atoms with E-state index in [1.54, 1.807) is 32.3 Å². The van der Waals surface area contributed by atoms with Crippen LogP contribution in [0.2, 0.25) is 10.0 Å². The van der Waals surface area contributed by atoms with Crippen LogP contribution in [-0.2, 0) is 35.3 Å². The highest BCUT2D eigenvalue weighted by molar-refractivity contribution is 7.90. The Labute approximate surface area is 165 Å². The maximum Gasteiger partial charge on any atom is 0.328 e. The van der Waals surface area contributed by atoms with Crippen molar-refractivity contribution >= 4 is 50.2 Å². The molecule has 0 aliphatic rings. The van der Waals surface area contributed by atoms with E-state index in [0.29, 0.717) is 16.6 Å². The van der Waals surface area contributed by atoms with Gasteiger partial charge in [0.2, 0.25) is 5.91 Å². The quantitative estimate of drug-likeness (QED) is 0.690. The van der Waals surface area contributed by atoms with E-state index in [9.17, 15) is 18.0 Å². The molecule has 0 aliphatic heterocycles. The smallest absolute Gasteiger partial charge is 0.295 e. The number of hydrogen-bond acceptors (Lipinski definition) is 4. The Hall–Kier alpha value is -2.29. The first-order chi connectivity index (χ1) is 12.6. The van der Waals surface area contributed by atoms with E-state index in [0.717, 1.165) is 0 Å². The number of fused-ring (bicyclic) bond motifs is 1. The molecule has 0 saturated carbocycles. The van der Waals surface area contributed by atoms with E-state index in [4.69, 9.17) is 23.2 Å². The Morgan fingerprint density at radius 2 is 1.63 bits per heavy atom. The largest absolute Gasteiger partial charge is 0.328 e. The number of nitrogens with zero attached hydrogens (tertiary/aromatic N) is 2. The van der Waals surface area contributed by atoms with Crippen molar-refractivity contribution in [1.82, 2.24) is 13.9 Å². The number of hydrogen-bond donors (Lipinski definition) is 1. The number of carbonyl (C=O) groups excluding carboxylic acids is 1. The van der Waals surface area contributed by atoms with E-state index in [1.165, 1.54) is 27.3 Å². The number of imidazole rings is 1. The number of rotatable bonds is 4. The number of halogens is 2. The Morgan fingerprint density at radius 3 is 2.26 bits per heavy atom. The highest BCUT2D eigenvalue weighted by Crippen LogP contribution is 2.25. The van der Waals surface area contributed by atoms with Gasteiger partial charge in [-0.3, -0.25) is 13.9 Å². The molecule has 0 unspecified atom stereocenters. The van der Waals surface area contributed by atoms with E-state index in [1.807, 2.05) is 4.72 Å². The first-order valence-corrected chi connectivity index (χ1v) is 9.99. The number of aryl methyl sites for hydroxylation is 2. The Kier molecular flexibility index (Phi) is 5.07. The molecular weight excluding hydrogens is 413 g/mol. The first-order valence-electron chi connectivity index (χ1n) is 7.76. The zero-order valence-electron chi connectivity index (χ0n) is 14.4. The molecule has 0 aliphatic carbocycles. The van der Waals surface area contributed by atoms with E-state index in [-0.39, 0.29) is 27.1 Å². The van der Waals surface area contributed by atoms with Crippen LogP contribution in [0.15, 0.2) is 46.1 Å². The first kappa shape index (κ1) is 19.5. The number of carbonyl (C=O) groups is 1. The van der Waals surface area contributed by atoms with Crippen LogP contribution in [0.5, 0.6) is 0 Å². The number of benzene rings is 2. The van der Waals surface area contributed by atoms with Gasteiger partial charge in [0, 0.05) is 24.1 Å². The van der Waals surface area contributed by atoms with Crippen molar-refractivity contribution in [2.75, 3.05) is 0 Å². The van der Waals surface area contributed by atoms with Crippen LogP contribution in [0.3, 0.4) is 0 Å². The lowest BCUT2D eigenvalue weighted by Gasteiger charge is -2.09. The molecule has 2 aromatic carbocycles. The maximum absolute atomic E-state index is 12.6. The molecule has 0 bridgehead atoms. The van der Waals surface area contributed by atoms with Crippen molar-refractivity contribution < 1.29 is 13.2 Å². The third-order valence-corrected chi connectivity index (χ3v) is 6.28. The van der Waals surface area contributed by atoms with E-state index < -0.39 is 15.9 Å². The minimum Gasteiger partial charge on any atom is -0.295 e. The van der Waals surface area contributed by atoms with Crippen molar-refractivity contribution in [3.05, 3.63) is 62.5 Å². The molecule has 0 fully saturated rings. The fraction of sp³-hybridized carbons (Fsp3) is 0.176. The molecular formula is C17H15Cl2N3O4S. The van der Waals surface area contributed by atoms with Crippen molar-refractivity contribution in [3.63, 3.8) is 0 Å². The summed E-state index contributed by atoms with van der Waals surface area (Å²) < 4.78 is 29.9. The third-order valence-electron chi connectivity index (χ3n) is 4.20. The molecule has 0 saturated heterocycles. The van der Waals surface area contributed by atoms with Crippen LogP contribution in [0.4, 0.5) is 0 Å². The molecule has 3 rings (SSSR count). The second kappa shape index (κ2) is 7.03. The van der Waals surface area contributed by atoms with Crippen LogP contribution in [0.25, 0.3) is 11.0 Å². The van der Waals surface area contributed by atoms with Gasteiger partial charge in [-0.1, -0.05) is 29.3 Å². The average molecular weight is 428 g/mol. The standard InChI is InChI=1S/C17H15Cl2N3O4S/c1-21-14-7-6-10(8-15(14)22(2)17(21)24)27(25,26)20-16(23)9-11-12(18)4-3-5-13(11)19/h3-8H,9H2,1-2H3,(H,20,23). The van der Waals surface area contributed by atoms with Crippen molar-refractivity contribution in [2.45, 2.75) is 11.3 Å².